The van der Waals surface area contributed by atoms with Gasteiger partial charge in [-0.15, -0.1) is 11.3 Å². The van der Waals surface area contributed by atoms with E-state index in [0.29, 0.717) is 37.4 Å². The molecule has 1 N–H and O–H groups in total. The van der Waals surface area contributed by atoms with Gasteiger partial charge < -0.3 is 10.1 Å². The summed E-state index contributed by atoms with van der Waals surface area (Å²) in [6, 6.07) is 12.5. The van der Waals surface area contributed by atoms with Crippen molar-refractivity contribution in [2.24, 2.45) is 5.92 Å². The fourth-order valence-corrected chi connectivity index (χ4v) is 6.19. The van der Waals surface area contributed by atoms with E-state index in [0.717, 1.165) is 21.8 Å². The lowest BCUT2D eigenvalue weighted by atomic mass is 9.97. The Morgan fingerprint density at radius 1 is 1.15 bits per heavy atom. The number of aryl methyl sites for hydroxylation is 2. The molecule has 0 saturated carbocycles. The van der Waals surface area contributed by atoms with Crippen molar-refractivity contribution in [3.8, 4) is 17.0 Å². The lowest BCUT2D eigenvalue weighted by Crippen LogP contribution is -2.41. The second-order valence-electron chi connectivity index (χ2n) is 8.13. The highest BCUT2D eigenvalue weighted by atomic mass is 32.2. The first-order chi connectivity index (χ1) is 15.8. The normalized spacial score (nSPS) is 15.4. The zero-order chi connectivity index (χ0) is 23.6. The third kappa shape index (κ3) is 5.10. The van der Waals surface area contributed by atoms with Crippen LogP contribution in [-0.4, -0.2) is 43.8 Å². The van der Waals surface area contributed by atoms with Gasteiger partial charge in [0, 0.05) is 35.6 Å². The number of benzene rings is 2. The molecular formula is C24H27N3O4S2. The fraction of sp³-hybridized carbons (Fsp3) is 0.333. The highest BCUT2D eigenvalue weighted by Gasteiger charge is 2.32. The third-order valence-electron chi connectivity index (χ3n) is 5.87. The minimum absolute atomic E-state index is 0.0843. The van der Waals surface area contributed by atoms with Gasteiger partial charge in [0.25, 0.3) is 0 Å². The number of anilines is 1. The van der Waals surface area contributed by atoms with Crippen LogP contribution in [0.25, 0.3) is 11.3 Å². The van der Waals surface area contributed by atoms with Gasteiger partial charge in [-0.3, -0.25) is 4.79 Å². The van der Waals surface area contributed by atoms with Gasteiger partial charge in [-0.2, -0.15) is 4.31 Å². The molecule has 1 aliphatic rings. The van der Waals surface area contributed by atoms with Crippen LogP contribution in [0, 0.1) is 19.8 Å². The number of nitrogens with zero attached hydrogens (tertiary/aromatic N) is 2. The molecule has 3 aromatic rings. The second kappa shape index (κ2) is 9.62. The van der Waals surface area contributed by atoms with Crippen molar-refractivity contribution in [1.29, 1.82) is 0 Å². The van der Waals surface area contributed by atoms with Crippen LogP contribution in [0.15, 0.2) is 52.7 Å². The number of hydrogen-bond acceptors (Lipinski definition) is 6. The Labute approximate surface area is 198 Å². The number of thiazole rings is 1. The molecule has 2 aromatic carbocycles. The summed E-state index contributed by atoms with van der Waals surface area (Å²) in [5, 5.41) is 5.98. The van der Waals surface area contributed by atoms with Crippen LogP contribution in [0.5, 0.6) is 5.75 Å². The van der Waals surface area contributed by atoms with Crippen LogP contribution in [-0.2, 0) is 14.8 Å². The Kier molecular flexibility index (Phi) is 6.83. The Bertz CT molecular complexity index is 1260. The lowest BCUT2D eigenvalue weighted by molar-refractivity contribution is -0.120. The molecule has 0 aliphatic carbocycles. The first-order valence-corrected chi connectivity index (χ1v) is 13.1. The number of ether oxygens (including phenoxy) is 1. The number of methoxy groups -OCH3 is 1. The molecule has 33 heavy (non-hydrogen) atoms. The molecule has 0 atom stereocenters. The maximum atomic E-state index is 13.1. The lowest BCUT2D eigenvalue weighted by Gasteiger charge is -2.30. The first kappa shape index (κ1) is 23.4. The molecular weight excluding hydrogens is 458 g/mol. The van der Waals surface area contributed by atoms with E-state index in [1.807, 2.05) is 43.5 Å². The average molecular weight is 486 g/mol. The number of nitrogens with one attached hydrogen (secondary N) is 1. The van der Waals surface area contributed by atoms with Crippen molar-refractivity contribution in [3.63, 3.8) is 0 Å². The molecule has 1 amide bonds. The largest absolute Gasteiger partial charge is 0.496 e. The van der Waals surface area contributed by atoms with Crippen molar-refractivity contribution in [2.45, 2.75) is 31.6 Å². The van der Waals surface area contributed by atoms with E-state index >= 15 is 0 Å². The summed E-state index contributed by atoms with van der Waals surface area (Å²) in [6.45, 7) is 4.40. The summed E-state index contributed by atoms with van der Waals surface area (Å²) in [5.41, 5.74) is 3.32. The highest BCUT2D eigenvalue weighted by molar-refractivity contribution is 7.89. The molecule has 9 heteroatoms. The summed E-state index contributed by atoms with van der Waals surface area (Å²) in [7, 11) is -2.05. The van der Waals surface area contributed by atoms with Crippen LogP contribution in [0.3, 0.4) is 0 Å². The summed E-state index contributed by atoms with van der Waals surface area (Å²) in [5.74, 6) is 0.330. The van der Waals surface area contributed by atoms with Gasteiger partial charge in [0.15, 0.2) is 0 Å². The molecule has 1 aromatic heterocycles. The molecule has 1 fully saturated rings. The Balaban J connectivity index is 1.39. The minimum atomic E-state index is -3.61. The van der Waals surface area contributed by atoms with Gasteiger partial charge in [0.05, 0.1) is 22.7 Å². The molecule has 174 valence electrons. The molecule has 1 aliphatic heterocycles. The second-order valence-corrected chi connectivity index (χ2v) is 11.1. The standard InChI is InChI=1S/C24H27N3O4S2/c1-16-13-21(7-8-23(16)31-3)33(29,30)27-11-9-18(10-12-27)24(28)26-20-6-4-5-19(14-20)22-15-32-17(2)25-22/h4-8,13-15,18H,9-12H2,1-3H3,(H,26,28). The molecule has 1 saturated heterocycles. The van der Waals surface area contributed by atoms with Crippen LogP contribution in [0.1, 0.15) is 23.4 Å². The molecule has 2 heterocycles. The topological polar surface area (TPSA) is 88.6 Å². The zero-order valence-electron chi connectivity index (χ0n) is 18.9. The predicted octanol–water partition coefficient (Wildman–Crippen LogP) is 4.47. The molecule has 7 nitrogen and oxygen atoms in total. The fourth-order valence-electron chi connectivity index (χ4n) is 4.02. The molecule has 4 rings (SSSR count). The summed E-state index contributed by atoms with van der Waals surface area (Å²) >= 11 is 1.59. The average Bonchev–Trinajstić information content (AvgIpc) is 3.25. The maximum Gasteiger partial charge on any atom is 0.243 e. The van der Waals surface area contributed by atoms with E-state index in [-0.39, 0.29) is 16.7 Å². The van der Waals surface area contributed by atoms with E-state index in [1.54, 1.807) is 36.6 Å². The van der Waals surface area contributed by atoms with Crippen molar-refractivity contribution in [3.05, 3.63) is 58.4 Å². The number of carbonyl (C=O) groups is 1. The van der Waals surface area contributed by atoms with Gasteiger partial charge in [-0.1, -0.05) is 12.1 Å². The van der Waals surface area contributed by atoms with Crippen LogP contribution in [0.4, 0.5) is 5.69 Å². The van der Waals surface area contributed by atoms with Crippen LogP contribution < -0.4 is 10.1 Å². The number of rotatable bonds is 6. The number of hydrogen-bond donors (Lipinski definition) is 1. The van der Waals surface area contributed by atoms with E-state index in [1.165, 1.54) is 4.31 Å². The summed E-state index contributed by atoms with van der Waals surface area (Å²) in [4.78, 5) is 17.6. The Morgan fingerprint density at radius 2 is 1.91 bits per heavy atom. The van der Waals surface area contributed by atoms with Gasteiger partial charge in [0.2, 0.25) is 15.9 Å². The Morgan fingerprint density at radius 3 is 2.55 bits per heavy atom. The number of carbonyl (C=O) groups excluding carboxylic acids is 1. The smallest absolute Gasteiger partial charge is 0.243 e. The molecule has 0 radical (unpaired) electrons. The summed E-state index contributed by atoms with van der Waals surface area (Å²) < 4.78 is 32.8. The number of piperidine rings is 1. The van der Waals surface area contributed by atoms with E-state index < -0.39 is 10.0 Å². The van der Waals surface area contributed by atoms with Gasteiger partial charge in [-0.25, -0.2) is 13.4 Å². The Hall–Kier alpha value is -2.75. The first-order valence-electron chi connectivity index (χ1n) is 10.8. The van der Waals surface area contributed by atoms with Gasteiger partial charge in [0.1, 0.15) is 5.75 Å². The van der Waals surface area contributed by atoms with Crippen molar-refractivity contribution in [1.82, 2.24) is 9.29 Å². The minimum Gasteiger partial charge on any atom is -0.496 e. The van der Waals surface area contributed by atoms with Crippen LogP contribution in [0.2, 0.25) is 0 Å². The van der Waals surface area contributed by atoms with Crippen molar-refractivity contribution in [2.75, 3.05) is 25.5 Å². The highest BCUT2D eigenvalue weighted by Crippen LogP contribution is 2.29. The van der Waals surface area contributed by atoms with Crippen molar-refractivity contribution >= 4 is 33.0 Å². The SMILES string of the molecule is COc1ccc(S(=O)(=O)N2CCC(C(=O)Nc3cccc(-c4csc(C)n4)c3)CC2)cc1C. The van der Waals surface area contributed by atoms with E-state index in [4.69, 9.17) is 4.74 Å². The number of aromatic nitrogens is 1. The molecule has 0 unspecified atom stereocenters. The zero-order valence-corrected chi connectivity index (χ0v) is 20.5. The quantitative estimate of drug-likeness (QED) is 0.556. The van der Waals surface area contributed by atoms with Gasteiger partial charge in [-0.05, 0) is 62.6 Å². The number of amides is 1. The van der Waals surface area contributed by atoms with E-state index in [2.05, 4.69) is 10.3 Å². The third-order valence-corrected chi connectivity index (χ3v) is 8.54. The summed E-state index contributed by atoms with van der Waals surface area (Å²) in [6.07, 6.45) is 0.955. The van der Waals surface area contributed by atoms with E-state index in [9.17, 15) is 13.2 Å². The monoisotopic (exact) mass is 485 g/mol. The molecule has 0 spiro atoms. The predicted molar refractivity (Wildman–Crippen MR) is 130 cm³/mol. The number of sulfonamides is 1. The van der Waals surface area contributed by atoms with Gasteiger partial charge >= 0.3 is 0 Å². The van der Waals surface area contributed by atoms with Crippen molar-refractivity contribution < 1.29 is 17.9 Å². The molecule has 0 bridgehead atoms. The maximum absolute atomic E-state index is 13.1. The van der Waals surface area contributed by atoms with Crippen LogP contribution >= 0.6 is 11.3 Å².